The fraction of sp³-hybridized carbons (Fsp3) is 0.455. The van der Waals surface area contributed by atoms with Crippen molar-refractivity contribution in [3.63, 3.8) is 0 Å². The number of benzene rings is 1. The van der Waals surface area contributed by atoms with E-state index in [2.05, 4.69) is 5.43 Å². The Morgan fingerprint density at radius 1 is 1.39 bits per heavy atom. The second-order valence-electron chi connectivity index (χ2n) is 3.86. The molecular weight excluding hydrogens is 252 g/mol. The maximum absolute atomic E-state index is 13.3. The molecule has 0 aliphatic heterocycles. The maximum atomic E-state index is 13.3. The van der Waals surface area contributed by atoms with E-state index in [0.29, 0.717) is 5.56 Å². The van der Waals surface area contributed by atoms with Gasteiger partial charge < -0.3 is 4.74 Å². The first-order chi connectivity index (χ1) is 8.35. The van der Waals surface area contributed by atoms with E-state index >= 15 is 0 Å². The van der Waals surface area contributed by atoms with Gasteiger partial charge in [0.25, 0.3) is 0 Å². The molecule has 0 amide bonds. The molecule has 1 aromatic carbocycles. The van der Waals surface area contributed by atoms with E-state index in [0.717, 1.165) is 6.07 Å². The van der Waals surface area contributed by atoms with Crippen LogP contribution in [0.25, 0.3) is 0 Å². The minimum absolute atomic E-state index is 0.0169. The van der Waals surface area contributed by atoms with E-state index < -0.39 is 24.5 Å². The molecule has 7 heteroatoms. The molecule has 0 aliphatic rings. The lowest BCUT2D eigenvalue weighted by Gasteiger charge is -2.18. The van der Waals surface area contributed by atoms with Gasteiger partial charge in [-0.15, -0.1) is 0 Å². The number of hydrogen-bond donors (Lipinski definition) is 2. The van der Waals surface area contributed by atoms with E-state index in [4.69, 9.17) is 10.6 Å². The lowest BCUT2D eigenvalue weighted by Crippen LogP contribution is -2.40. The molecule has 0 radical (unpaired) electrons. The summed E-state index contributed by atoms with van der Waals surface area (Å²) >= 11 is 0. The molecule has 0 aromatic heterocycles. The maximum Gasteiger partial charge on any atom is 0.390 e. The summed E-state index contributed by atoms with van der Waals surface area (Å²) in [6, 6.07) is 3.02. The van der Waals surface area contributed by atoms with Gasteiger partial charge in [-0.25, -0.2) is 4.39 Å². The van der Waals surface area contributed by atoms with Crippen molar-refractivity contribution in [2.45, 2.75) is 25.1 Å². The summed E-state index contributed by atoms with van der Waals surface area (Å²) < 4.78 is 54.7. The van der Waals surface area contributed by atoms with Crippen LogP contribution in [-0.2, 0) is 6.42 Å². The zero-order chi connectivity index (χ0) is 13.8. The second-order valence-corrected chi connectivity index (χ2v) is 3.86. The summed E-state index contributed by atoms with van der Waals surface area (Å²) in [7, 11) is 1.31. The molecule has 1 aromatic rings. The number of rotatable bonds is 5. The van der Waals surface area contributed by atoms with Gasteiger partial charge in [-0.1, -0.05) is 6.07 Å². The van der Waals surface area contributed by atoms with Crippen molar-refractivity contribution in [1.29, 1.82) is 0 Å². The Morgan fingerprint density at radius 3 is 2.50 bits per heavy atom. The first kappa shape index (κ1) is 14.7. The van der Waals surface area contributed by atoms with Crippen LogP contribution in [0.2, 0.25) is 0 Å². The van der Waals surface area contributed by atoms with Crippen molar-refractivity contribution >= 4 is 0 Å². The normalized spacial score (nSPS) is 13.4. The van der Waals surface area contributed by atoms with Crippen LogP contribution in [0.1, 0.15) is 12.0 Å². The molecule has 0 aliphatic carbocycles. The van der Waals surface area contributed by atoms with Crippen LogP contribution in [0, 0.1) is 5.82 Å². The fourth-order valence-electron chi connectivity index (χ4n) is 1.59. The predicted octanol–water partition coefficient (Wildman–Crippen LogP) is 2.16. The summed E-state index contributed by atoms with van der Waals surface area (Å²) in [4.78, 5) is 0. The smallest absolute Gasteiger partial charge is 0.390 e. The van der Waals surface area contributed by atoms with Crippen LogP contribution >= 0.6 is 0 Å². The minimum Gasteiger partial charge on any atom is -0.494 e. The standard InChI is InChI=1S/C11H14F4N2O/c1-18-10-3-2-7(5-9(10)12)4-8(17-16)6-11(13,14)15/h2-3,5,8,17H,4,6,16H2,1H3. The van der Waals surface area contributed by atoms with Gasteiger partial charge in [0, 0.05) is 6.04 Å². The third-order valence-electron chi connectivity index (χ3n) is 2.41. The number of nitrogens with one attached hydrogen (secondary N) is 1. The number of nitrogens with two attached hydrogens (primary N) is 1. The SMILES string of the molecule is COc1ccc(CC(CC(F)(F)F)NN)cc1F. The van der Waals surface area contributed by atoms with E-state index in [1.807, 2.05) is 0 Å². The third kappa shape index (κ3) is 4.50. The first-order valence-corrected chi connectivity index (χ1v) is 5.21. The highest BCUT2D eigenvalue weighted by molar-refractivity contribution is 5.29. The molecule has 1 atom stereocenters. The zero-order valence-electron chi connectivity index (χ0n) is 9.72. The molecule has 0 bridgehead atoms. The molecule has 3 N–H and O–H groups in total. The largest absolute Gasteiger partial charge is 0.494 e. The highest BCUT2D eigenvalue weighted by Gasteiger charge is 2.31. The van der Waals surface area contributed by atoms with Gasteiger partial charge in [0.15, 0.2) is 11.6 Å². The Balaban J connectivity index is 2.73. The van der Waals surface area contributed by atoms with E-state index in [9.17, 15) is 17.6 Å². The van der Waals surface area contributed by atoms with Crippen molar-refractivity contribution < 1.29 is 22.3 Å². The minimum atomic E-state index is -4.32. The molecule has 0 fully saturated rings. The average molecular weight is 266 g/mol. The number of methoxy groups -OCH3 is 1. The molecule has 1 unspecified atom stereocenters. The van der Waals surface area contributed by atoms with Crippen LogP contribution in [0.3, 0.4) is 0 Å². The Morgan fingerprint density at radius 2 is 2.06 bits per heavy atom. The van der Waals surface area contributed by atoms with Crippen LogP contribution in [0.4, 0.5) is 17.6 Å². The van der Waals surface area contributed by atoms with Gasteiger partial charge in [-0.3, -0.25) is 11.3 Å². The summed E-state index contributed by atoms with van der Waals surface area (Å²) in [5, 5.41) is 0. The summed E-state index contributed by atoms with van der Waals surface area (Å²) in [6.45, 7) is 0. The quantitative estimate of drug-likeness (QED) is 0.488. The van der Waals surface area contributed by atoms with Crippen molar-refractivity contribution in [2.75, 3.05) is 7.11 Å². The molecular formula is C11H14F4N2O. The molecule has 1 rings (SSSR count). The van der Waals surface area contributed by atoms with Gasteiger partial charge in [0.2, 0.25) is 0 Å². The van der Waals surface area contributed by atoms with E-state index in [1.54, 1.807) is 0 Å². The third-order valence-corrected chi connectivity index (χ3v) is 2.41. The summed E-state index contributed by atoms with van der Waals surface area (Å²) in [5.74, 6) is 4.49. The molecule has 0 saturated heterocycles. The number of alkyl halides is 3. The Kier molecular flexibility index (Phi) is 4.92. The summed E-state index contributed by atoms with van der Waals surface area (Å²) in [5.41, 5.74) is 2.50. The molecule has 18 heavy (non-hydrogen) atoms. The fourth-order valence-corrected chi connectivity index (χ4v) is 1.59. The highest BCUT2D eigenvalue weighted by atomic mass is 19.4. The number of hydrogen-bond acceptors (Lipinski definition) is 3. The van der Waals surface area contributed by atoms with Gasteiger partial charge in [-0.05, 0) is 24.1 Å². The van der Waals surface area contributed by atoms with Gasteiger partial charge in [-0.2, -0.15) is 13.2 Å². The summed E-state index contributed by atoms with van der Waals surface area (Å²) in [6.07, 6.45) is -5.41. The monoisotopic (exact) mass is 266 g/mol. The molecule has 0 saturated carbocycles. The zero-order valence-corrected chi connectivity index (χ0v) is 9.72. The lowest BCUT2D eigenvalue weighted by molar-refractivity contribution is -0.140. The highest BCUT2D eigenvalue weighted by Crippen LogP contribution is 2.24. The van der Waals surface area contributed by atoms with Gasteiger partial charge >= 0.3 is 6.18 Å². The number of ether oxygens (including phenoxy) is 1. The van der Waals surface area contributed by atoms with Gasteiger partial charge in [0.1, 0.15) is 0 Å². The topological polar surface area (TPSA) is 47.3 Å². The molecule has 3 nitrogen and oxygen atoms in total. The van der Waals surface area contributed by atoms with Crippen LogP contribution in [0.5, 0.6) is 5.75 Å². The van der Waals surface area contributed by atoms with Crippen LogP contribution < -0.4 is 16.0 Å². The predicted molar refractivity (Wildman–Crippen MR) is 58.4 cm³/mol. The number of hydrazine groups is 1. The van der Waals surface area contributed by atoms with Crippen LogP contribution in [0.15, 0.2) is 18.2 Å². The second kappa shape index (κ2) is 6.01. The van der Waals surface area contributed by atoms with E-state index in [-0.39, 0.29) is 12.2 Å². The van der Waals surface area contributed by atoms with Crippen molar-refractivity contribution in [2.24, 2.45) is 5.84 Å². The Labute approximate surface area is 102 Å². The van der Waals surface area contributed by atoms with Crippen molar-refractivity contribution in [1.82, 2.24) is 5.43 Å². The Hall–Kier alpha value is -1.34. The number of halogens is 4. The van der Waals surface area contributed by atoms with Crippen LogP contribution in [-0.4, -0.2) is 19.3 Å². The molecule has 0 spiro atoms. The average Bonchev–Trinajstić information content (AvgIpc) is 2.26. The first-order valence-electron chi connectivity index (χ1n) is 5.21. The van der Waals surface area contributed by atoms with Gasteiger partial charge in [0.05, 0.1) is 13.5 Å². The lowest BCUT2D eigenvalue weighted by atomic mass is 10.0. The van der Waals surface area contributed by atoms with Crippen molar-refractivity contribution in [3.8, 4) is 5.75 Å². The van der Waals surface area contributed by atoms with E-state index in [1.165, 1.54) is 19.2 Å². The Bertz CT molecular complexity index is 395. The van der Waals surface area contributed by atoms with Crippen molar-refractivity contribution in [3.05, 3.63) is 29.6 Å². The molecule has 102 valence electrons. The molecule has 0 heterocycles.